The van der Waals surface area contributed by atoms with Crippen molar-refractivity contribution in [3.63, 3.8) is 0 Å². The third-order valence-corrected chi connectivity index (χ3v) is 9.10. The molecule has 6 aromatic rings. The Bertz CT molecular complexity index is 2070. The van der Waals surface area contributed by atoms with Crippen LogP contribution in [0.15, 0.2) is 146 Å². The normalized spacial score (nSPS) is 9.88. The van der Waals surface area contributed by atoms with Crippen molar-refractivity contribution >= 4 is 47.8 Å². The molecule has 0 aromatic heterocycles. The number of halogens is 3. The molecule has 6 rings (SSSR count). The van der Waals surface area contributed by atoms with E-state index >= 15 is 0 Å². The van der Waals surface area contributed by atoms with Crippen molar-refractivity contribution in [1.29, 1.82) is 15.8 Å². The van der Waals surface area contributed by atoms with E-state index in [4.69, 9.17) is 15.8 Å². The van der Waals surface area contributed by atoms with Gasteiger partial charge in [-0.1, -0.05) is 181 Å². The summed E-state index contributed by atoms with van der Waals surface area (Å²) in [5.41, 5.74) is 12.0. The van der Waals surface area contributed by atoms with Gasteiger partial charge in [0.05, 0.1) is 38.6 Å². The minimum absolute atomic E-state index is 0.162. The highest BCUT2D eigenvalue weighted by Gasteiger charge is 2.07. The summed E-state index contributed by atoms with van der Waals surface area (Å²) in [4.78, 5) is 0. The number of rotatable bonds is 5. The Labute approximate surface area is 308 Å². The number of alkyl halides is 3. The Balaban J connectivity index is 0.000000163. The summed E-state index contributed by atoms with van der Waals surface area (Å²) < 4.78 is 0.162. The van der Waals surface area contributed by atoms with Crippen molar-refractivity contribution in [2.45, 2.75) is 16.0 Å². The summed E-state index contributed by atoms with van der Waals surface area (Å²) >= 11 is 10.3. The van der Waals surface area contributed by atoms with Crippen LogP contribution in [0.4, 0.5) is 0 Å². The van der Waals surface area contributed by atoms with Crippen molar-refractivity contribution in [3.05, 3.63) is 179 Å². The van der Waals surface area contributed by atoms with Gasteiger partial charge in [-0.15, -0.1) is 0 Å². The van der Waals surface area contributed by atoms with Gasteiger partial charge in [-0.2, -0.15) is 15.8 Å². The molecule has 0 aliphatic heterocycles. The van der Waals surface area contributed by atoms with E-state index in [0.717, 1.165) is 49.8 Å². The van der Waals surface area contributed by atoms with Crippen LogP contribution < -0.4 is 0 Å². The molecule has 0 amide bonds. The number of nitrogens with zero attached hydrogens (tertiary/aromatic N) is 3. The first-order valence-electron chi connectivity index (χ1n) is 15.0. The lowest BCUT2D eigenvalue weighted by Crippen LogP contribution is -1.85. The average Bonchev–Trinajstić information content (AvgIpc) is 3.15. The van der Waals surface area contributed by atoms with Crippen LogP contribution in [0.1, 0.15) is 37.1 Å². The number of benzene rings is 6. The van der Waals surface area contributed by atoms with E-state index in [2.05, 4.69) is 97.2 Å². The van der Waals surface area contributed by atoms with Gasteiger partial charge >= 0.3 is 0 Å². The van der Waals surface area contributed by atoms with E-state index < -0.39 is 0 Å². The van der Waals surface area contributed by atoms with Gasteiger partial charge < -0.3 is 0 Å². The highest BCUT2D eigenvalue weighted by molar-refractivity contribution is 9.24. The summed E-state index contributed by atoms with van der Waals surface area (Å²) in [6.45, 7) is 2.06. The Kier molecular flexibility index (Phi) is 13.9. The molecule has 6 heteroatoms. The first kappa shape index (κ1) is 36.1. The smallest absolute Gasteiger partial charge is 0.0998 e. The number of nitriles is 3. The number of hydrogen-bond acceptors (Lipinski definition) is 3. The zero-order valence-electron chi connectivity index (χ0n) is 26.1. The van der Waals surface area contributed by atoms with Crippen LogP contribution in [0.2, 0.25) is 0 Å². The van der Waals surface area contributed by atoms with Gasteiger partial charge in [0.1, 0.15) is 0 Å². The van der Waals surface area contributed by atoms with Crippen LogP contribution in [0, 0.1) is 40.9 Å². The third-order valence-electron chi connectivity index (χ3n) is 7.40. The van der Waals surface area contributed by atoms with Crippen molar-refractivity contribution < 1.29 is 0 Å². The Hall–Kier alpha value is -4.77. The van der Waals surface area contributed by atoms with Crippen molar-refractivity contribution in [2.24, 2.45) is 0 Å². The largest absolute Gasteiger partial charge is 0.192 e. The standard InChI is InChI=1S/C14H9Br2N.C14H10BrN.C14H11N/c15-14(16)11-7-5-10(6-8-11)13-4-2-1-3-12(13)9-17;15-9-11-5-7-12(8-6-11)14-4-2-1-3-13(14)10-16;1-11-6-8-12(9-7-11)14-5-3-2-4-13(14)10-15/h1-8,14H;1-8H,9H2;2-9H,1H3. The fraction of sp³-hybridized carbons (Fsp3) is 0.0714. The molecule has 0 heterocycles. The highest BCUT2D eigenvalue weighted by Crippen LogP contribution is 2.31. The summed E-state index contributed by atoms with van der Waals surface area (Å²) in [6.07, 6.45) is 0. The molecule has 0 unspecified atom stereocenters. The SMILES string of the molecule is Cc1ccc(-c2ccccc2C#N)cc1.N#Cc1ccccc1-c1ccc(C(Br)Br)cc1.N#Cc1ccccc1-c1ccc(CBr)cc1. The minimum atomic E-state index is 0.162. The molecule has 0 bridgehead atoms. The quantitative estimate of drug-likeness (QED) is 0.163. The monoisotopic (exact) mass is 813 g/mol. The molecular weight excluding hydrogens is 786 g/mol. The van der Waals surface area contributed by atoms with Gasteiger partial charge in [-0.25, -0.2) is 0 Å². The second-order valence-corrected chi connectivity index (χ2v) is 14.2. The molecule has 0 atom stereocenters. The Morgan fingerprint density at radius 1 is 0.479 bits per heavy atom. The summed E-state index contributed by atoms with van der Waals surface area (Å²) in [6, 6.07) is 54.1. The van der Waals surface area contributed by atoms with E-state index in [1.807, 2.05) is 121 Å². The molecule has 0 aliphatic rings. The molecule has 0 spiro atoms. The van der Waals surface area contributed by atoms with Gasteiger partial charge in [0.2, 0.25) is 0 Å². The average molecular weight is 816 g/mol. The van der Waals surface area contributed by atoms with Crippen LogP contribution in [0.3, 0.4) is 0 Å². The molecular formula is C42H30Br3N3. The second kappa shape index (κ2) is 18.5. The summed E-state index contributed by atoms with van der Waals surface area (Å²) in [5, 5.41) is 27.9. The first-order valence-corrected chi connectivity index (χ1v) is 17.9. The van der Waals surface area contributed by atoms with Gasteiger partial charge in [-0.3, -0.25) is 0 Å². The molecule has 6 aromatic carbocycles. The lowest BCUT2D eigenvalue weighted by Gasteiger charge is -2.06. The molecule has 234 valence electrons. The third kappa shape index (κ3) is 9.87. The van der Waals surface area contributed by atoms with Crippen molar-refractivity contribution in [2.75, 3.05) is 0 Å². The van der Waals surface area contributed by atoms with E-state index in [1.165, 1.54) is 11.1 Å². The predicted molar refractivity (Wildman–Crippen MR) is 208 cm³/mol. The zero-order valence-corrected chi connectivity index (χ0v) is 30.9. The fourth-order valence-electron chi connectivity index (χ4n) is 4.81. The van der Waals surface area contributed by atoms with Gasteiger partial charge in [0, 0.05) is 5.33 Å². The lowest BCUT2D eigenvalue weighted by atomic mass is 10.00. The highest BCUT2D eigenvalue weighted by atomic mass is 79.9. The fourth-order valence-corrected chi connectivity index (χ4v) is 5.80. The molecule has 3 nitrogen and oxygen atoms in total. The van der Waals surface area contributed by atoms with Crippen LogP contribution in [-0.4, -0.2) is 0 Å². The zero-order chi connectivity index (χ0) is 34.3. The molecule has 0 saturated heterocycles. The van der Waals surface area contributed by atoms with Crippen molar-refractivity contribution in [3.8, 4) is 51.6 Å². The molecule has 0 N–H and O–H groups in total. The molecule has 0 saturated carbocycles. The molecule has 0 aliphatic carbocycles. The molecule has 0 radical (unpaired) electrons. The van der Waals surface area contributed by atoms with Crippen molar-refractivity contribution in [1.82, 2.24) is 0 Å². The van der Waals surface area contributed by atoms with Gasteiger partial charge in [-0.05, 0) is 69.6 Å². The second-order valence-electron chi connectivity index (χ2n) is 10.6. The minimum Gasteiger partial charge on any atom is -0.192 e. The van der Waals surface area contributed by atoms with Crippen LogP contribution in [0.5, 0.6) is 0 Å². The maximum absolute atomic E-state index is 9.06. The maximum Gasteiger partial charge on any atom is 0.0998 e. The summed E-state index contributed by atoms with van der Waals surface area (Å²) in [5.74, 6) is 0. The van der Waals surface area contributed by atoms with Gasteiger partial charge in [0.25, 0.3) is 0 Å². The Morgan fingerprint density at radius 3 is 1.15 bits per heavy atom. The van der Waals surface area contributed by atoms with Gasteiger partial charge in [0.15, 0.2) is 0 Å². The lowest BCUT2D eigenvalue weighted by molar-refractivity contribution is 1.42. The Morgan fingerprint density at radius 2 is 0.812 bits per heavy atom. The van der Waals surface area contributed by atoms with E-state index in [1.54, 1.807) is 0 Å². The van der Waals surface area contributed by atoms with E-state index in [9.17, 15) is 0 Å². The number of hydrogen-bond donors (Lipinski definition) is 0. The number of aryl methyl sites for hydroxylation is 1. The first-order chi connectivity index (χ1) is 23.4. The van der Waals surface area contributed by atoms with E-state index in [-0.39, 0.29) is 3.74 Å². The topological polar surface area (TPSA) is 71.4 Å². The van der Waals surface area contributed by atoms with E-state index in [0.29, 0.717) is 11.1 Å². The molecule has 48 heavy (non-hydrogen) atoms. The van der Waals surface area contributed by atoms with Crippen LogP contribution in [0.25, 0.3) is 33.4 Å². The maximum atomic E-state index is 9.06. The predicted octanol–water partition coefficient (Wildman–Crippen LogP) is 12.7. The molecule has 0 fully saturated rings. The van der Waals surface area contributed by atoms with Crippen LogP contribution in [-0.2, 0) is 5.33 Å². The van der Waals surface area contributed by atoms with Crippen LogP contribution >= 0.6 is 47.8 Å². The summed E-state index contributed by atoms with van der Waals surface area (Å²) in [7, 11) is 0.